The number of fused-ring (bicyclic) bond motifs is 1. The maximum atomic E-state index is 9.83. The van der Waals surface area contributed by atoms with Gasteiger partial charge >= 0.3 is 0 Å². The van der Waals surface area contributed by atoms with Crippen molar-refractivity contribution >= 4 is 0 Å². The van der Waals surface area contributed by atoms with Crippen molar-refractivity contribution in [3.05, 3.63) is 11.4 Å². The molecule has 4 heteroatoms. The van der Waals surface area contributed by atoms with E-state index in [-0.39, 0.29) is 30.0 Å². The van der Waals surface area contributed by atoms with Gasteiger partial charge < -0.3 is 19.4 Å². The molecule has 5 atom stereocenters. The molecule has 1 saturated carbocycles. The van der Waals surface area contributed by atoms with E-state index >= 15 is 0 Å². The van der Waals surface area contributed by atoms with Crippen LogP contribution in [0.1, 0.15) is 38.5 Å². The van der Waals surface area contributed by atoms with Gasteiger partial charge in [-0.05, 0) is 25.7 Å². The van der Waals surface area contributed by atoms with Crippen molar-refractivity contribution in [3.8, 4) is 0 Å². The van der Waals surface area contributed by atoms with Crippen LogP contribution in [0.2, 0.25) is 0 Å². The van der Waals surface area contributed by atoms with Crippen LogP contribution in [0.4, 0.5) is 0 Å². The number of hydrogen-bond acceptors (Lipinski definition) is 3. The molecule has 1 aliphatic carbocycles. The van der Waals surface area contributed by atoms with Crippen LogP contribution >= 0.6 is 0 Å². The summed E-state index contributed by atoms with van der Waals surface area (Å²) in [6.07, 6.45) is 5.45. The first-order valence-electron chi connectivity index (χ1n) is 6.58. The molecule has 0 amide bonds. The monoisotopic (exact) mass is 237 g/mol. The smallest absolute Gasteiger partial charge is 0.217 e. The Bertz CT molecular complexity index is 340. The largest absolute Gasteiger partial charge is 0.390 e. The molecule has 1 N–H and O–H groups in total. The third kappa shape index (κ3) is 1.87. The summed E-state index contributed by atoms with van der Waals surface area (Å²) in [5.41, 5.74) is -0.144. The van der Waals surface area contributed by atoms with Crippen LogP contribution in [0.25, 0.3) is 4.85 Å². The molecule has 4 nitrogen and oxygen atoms in total. The van der Waals surface area contributed by atoms with Gasteiger partial charge in [0.1, 0.15) is 0 Å². The van der Waals surface area contributed by atoms with Crippen LogP contribution in [-0.4, -0.2) is 41.7 Å². The fourth-order valence-corrected chi connectivity index (χ4v) is 3.58. The molecule has 2 saturated heterocycles. The van der Waals surface area contributed by atoms with Gasteiger partial charge in [-0.15, -0.1) is 0 Å². The molecular formula is C13H19NO3. The van der Waals surface area contributed by atoms with Crippen LogP contribution in [0.5, 0.6) is 0 Å². The Balaban J connectivity index is 1.70. The Morgan fingerprint density at radius 2 is 2.24 bits per heavy atom. The van der Waals surface area contributed by atoms with E-state index in [1.54, 1.807) is 0 Å². The summed E-state index contributed by atoms with van der Waals surface area (Å²) in [6.45, 7) is 7.40. The summed E-state index contributed by atoms with van der Waals surface area (Å²) in [6, 6.07) is 0. The Morgan fingerprint density at radius 3 is 3.06 bits per heavy atom. The van der Waals surface area contributed by atoms with Gasteiger partial charge in [0.05, 0.1) is 30.0 Å². The molecule has 2 heterocycles. The Labute approximate surface area is 102 Å². The minimum absolute atomic E-state index is 0.0200. The maximum absolute atomic E-state index is 9.83. The zero-order valence-electron chi connectivity index (χ0n) is 9.97. The molecule has 1 spiro atoms. The molecule has 0 radical (unpaired) electrons. The highest BCUT2D eigenvalue weighted by Crippen LogP contribution is 2.49. The second-order valence-corrected chi connectivity index (χ2v) is 5.53. The van der Waals surface area contributed by atoms with E-state index in [1.165, 1.54) is 0 Å². The Hall–Kier alpha value is -0.630. The van der Waals surface area contributed by atoms with E-state index in [1.807, 2.05) is 0 Å². The molecule has 0 aromatic rings. The maximum Gasteiger partial charge on any atom is 0.217 e. The topological polar surface area (TPSA) is 43.0 Å². The molecular weight excluding hydrogens is 218 g/mol. The first kappa shape index (κ1) is 11.5. The molecule has 3 fully saturated rings. The van der Waals surface area contributed by atoms with Crippen molar-refractivity contribution in [2.45, 2.75) is 68.5 Å². The van der Waals surface area contributed by atoms with Gasteiger partial charge in [0, 0.05) is 12.8 Å². The standard InChI is InChI=1S/C13H19NO3/c1-14-7-5-9-2-3-12-13(17-9)6-4-10(15)11(8-13)16-12/h9-12,15H,2-8H2/t9-,10?,11-,12+,13+/m1/s1. The second-order valence-electron chi connectivity index (χ2n) is 5.53. The van der Waals surface area contributed by atoms with Crippen molar-refractivity contribution in [1.82, 2.24) is 0 Å². The summed E-state index contributed by atoms with van der Waals surface area (Å²) >= 11 is 0. The highest BCUT2D eigenvalue weighted by molar-refractivity contribution is 5.06. The lowest BCUT2D eigenvalue weighted by Crippen LogP contribution is -2.50. The molecule has 94 valence electrons. The summed E-state index contributed by atoms with van der Waals surface area (Å²) in [5, 5.41) is 9.83. The van der Waals surface area contributed by atoms with Gasteiger partial charge in [0.15, 0.2) is 0 Å². The normalized spacial score (nSPS) is 48.5. The van der Waals surface area contributed by atoms with Gasteiger partial charge in [-0.3, -0.25) is 0 Å². The van der Waals surface area contributed by atoms with E-state index in [9.17, 15) is 5.11 Å². The summed E-state index contributed by atoms with van der Waals surface area (Å²) in [4.78, 5) is 3.40. The Morgan fingerprint density at radius 1 is 1.35 bits per heavy atom. The van der Waals surface area contributed by atoms with Crippen molar-refractivity contribution in [3.63, 3.8) is 0 Å². The number of hydrogen-bond donors (Lipinski definition) is 1. The van der Waals surface area contributed by atoms with E-state index in [4.69, 9.17) is 16.0 Å². The number of nitrogens with zero attached hydrogens (tertiary/aromatic N) is 1. The fourth-order valence-electron chi connectivity index (χ4n) is 3.58. The lowest BCUT2D eigenvalue weighted by atomic mass is 9.77. The van der Waals surface area contributed by atoms with E-state index < -0.39 is 0 Å². The predicted molar refractivity (Wildman–Crippen MR) is 61.4 cm³/mol. The van der Waals surface area contributed by atoms with Crippen molar-refractivity contribution < 1.29 is 14.6 Å². The molecule has 17 heavy (non-hydrogen) atoms. The highest BCUT2D eigenvalue weighted by atomic mass is 16.6. The lowest BCUT2D eigenvalue weighted by Gasteiger charge is -2.43. The summed E-state index contributed by atoms with van der Waals surface area (Å²) in [5.74, 6) is 0. The van der Waals surface area contributed by atoms with E-state index in [2.05, 4.69) is 4.85 Å². The molecule has 3 aliphatic rings. The summed E-state index contributed by atoms with van der Waals surface area (Å²) < 4.78 is 12.1. The molecule has 3 rings (SSSR count). The number of aliphatic hydroxyl groups excluding tert-OH is 1. The van der Waals surface area contributed by atoms with Crippen LogP contribution in [-0.2, 0) is 9.47 Å². The quantitative estimate of drug-likeness (QED) is 0.741. The fraction of sp³-hybridized carbons (Fsp3) is 0.923. The van der Waals surface area contributed by atoms with Crippen molar-refractivity contribution in [2.75, 3.05) is 6.54 Å². The molecule has 0 aromatic heterocycles. The average molecular weight is 237 g/mol. The van der Waals surface area contributed by atoms with Gasteiger partial charge in [-0.1, -0.05) is 0 Å². The van der Waals surface area contributed by atoms with Crippen molar-refractivity contribution in [1.29, 1.82) is 0 Å². The number of rotatable bonds is 2. The van der Waals surface area contributed by atoms with E-state index in [0.717, 1.165) is 38.5 Å². The number of aliphatic hydroxyl groups is 1. The zero-order chi connectivity index (χ0) is 11.9. The van der Waals surface area contributed by atoms with Gasteiger partial charge in [-0.25, -0.2) is 6.57 Å². The van der Waals surface area contributed by atoms with Crippen LogP contribution < -0.4 is 0 Å². The lowest BCUT2D eigenvalue weighted by molar-refractivity contribution is -0.166. The minimum Gasteiger partial charge on any atom is -0.390 e. The van der Waals surface area contributed by atoms with Gasteiger partial charge in [-0.2, -0.15) is 0 Å². The first-order valence-corrected chi connectivity index (χ1v) is 6.58. The minimum atomic E-state index is -0.309. The van der Waals surface area contributed by atoms with Gasteiger partial charge in [0.2, 0.25) is 6.54 Å². The molecule has 2 aliphatic heterocycles. The van der Waals surface area contributed by atoms with Crippen LogP contribution in [0.3, 0.4) is 0 Å². The summed E-state index contributed by atoms with van der Waals surface area (Å²) in [7, 11) is 0. The third-order valence-corrected chi connectivity index (χ3v) is 4.48. The molecule has 2 bridgehead atoms. The van der Waals surface area contributed by atoms with Crippen LogP contribution in [0, 0.1) is 6.57 Å². The Kier molecular flexibility index (Phi) is 2.86. The predicted octanol–water partition coefficient (Wildman–Crippen LogP) is 1.53. The second kappa shape index (κ2) is 4.24. The highest BCUT2D eigenvalue weighted by Gasteiger charge is 2.57. The van der Waals surface area contributed by atoms with E-state index in [0.29, 0.717) is 6.54 Å². The zero-order valence-corrected chi connectivity index (χ0v) is 9.97. The number of ether oxygens (including phenoxy) is 2. The van der Waals surface area contributed by atoms with Crippen LogP contribution in [0.15, 0.2) is 0 Å². The third-order valence-electron chi connectivity index (χ3n) is 4.48. The van der Waals surface area contributed by atoms with Gasteiger partial charge in [0.25, 0.3) is 0 Å². The SMILES string of the molecule is [C-]#[N+]CC[C@H]1CC[C@@H]2O[C@@H]3C[C@]2(CCC3O)O1. The molecule has 0 aromatic carbocycles. The average Bonchev–Trinajstić information content (AvgIpc) is 2.66. The first-order chi connectivity index (χ1) is 8.23. The molecule has 1 unspecified atom stereocenters. The van der Waals surface area contributed by atoms with Crippen molar-refractivity contribution in [2.24, 2.45) is 0 Å².